The summed E-state index contributed by atoms with van der Waals surface area (Å²) in [7, 11) is 0. The van der Waals surface area contributed by atoms with Gasteiger partial charge in [0, 0.05) is 19.7 Å². The number of hydrogen-bond donors (Lipinski definition) is 2. The first-order chi connectivity index (χ1) is 8.18. The molecule has 0 aromatic heterocycles. The van der Waals surface area contributed by atoms with Crippen molar-refractivity contribution in [1.82, 2.24) is 5.32 Å². The Kier molecular flexibility index (Phi) is 7.44. The van der Waals surface area contributed by atoms with Crippen LogP contribution >= 0.6 is 0 Å². The van der Waals surface area contributed by atoms with E-state index in [1.807, 2.05) is 0 Å². The molecule has 1 saturated heterocycles. The molecule has 1 rings (SSSR count). The Bertz CT molecular complexity index is 221. The third kappa shape index (κ3) is 7.49. The van der Waals surface area contributed by atoms with Gasteiger partial charge in [-0.2, -0.15) is 0 Å². The van der Waals surface area contributed by atoms with Gasteiger partial charge in [-0.25, -0.2) is 0 Å². The van der Waals surface area contributed by atoms with Gasteiger partial charge in [0.1, 0.15) is 0 Å². The third-order valence-electron chi connectivity index (χ3n) is 2.67. The Morgan fingerprint density at radius 2 is 2.41 bits per heavy atom. The SMILES string of the molecule is CC(C)=CCNCC(O)COCC1CCCO1. The summed E-state index contributed by atoms with van der Waals surface area (Å²) in [5, 5.41) is 12.8. The van der Waals surface area contributed by atoms with Crippen LogP contribution in [0, 0.1) is 0 Å². The number of ether oxygens (including phenoxy) is 2. The zero-order valence-electron chi connectivity index (χ0n) is 10.9. The largest absolute Gasteiger partial charge is 0.389 e. The quantitative estimate of drug-likeness (QED) is 0.495. The molecule has 0 aromatic rings. The highest BCUT2D eigenvalue weighted by Crippen LogP contribution is 2.11. The number of hydrogen-bond acceptors (Lipinski definition) is 4. The highest BCUT2D eigenvalue weighted by atomic mass is 16.5. The molecule has 1 aliphatic heterocycles. The standard InChI is InChI=1S/C13H25NO3/c1-11(2)5-6-14-8-12(15)9-16-10-13-4-3-7-17-13/h5,12-15H,3-4,6-10H2,1-2H3. The molecule has 4 nitrogen and oxygen atoms in total. The molecule has 100 valence electrons. The maximum atomic E-state index is 9.64. The zero-order valence-corrected chi connectivity index (χ0v) is 10.9. The number of rotatable bonds is 8. The van der Waals surface area contributed by atoms with Crippen LogP contribution in [0.3, 0.4) is 0 Å². The highest BCUT2D eigenvalue weighted by molar-refractivity contribution is 4.94. The molecule has 1 fully saturated rings. The molecular weight excluding hydrogens is 218 g/mol. The lowest BCUT2D eigenvalue weighted by Gasteiger charge is -2.14. The van der Waals surface area contributed by atoms with E-state index in [1.54, 1.807) is 0 Å². The van der Waals surface area contributed by atoms with Gasteiger partial charge in [-0.15, -0.1) is 0 Å². The molecule has 2 atom stereocenters. The first-order valence-corrected chi connectivity index (χ1v) is 6.40. The van der Waals surface area contributed by atoms with Gasteiger partial charge in [0.05, 0.1) is 25.4 Å². The number of nitrogens with one attached hydrogen (secondary N) is 1. The molecule has 0 spiro atoms. The molecule has 4 heteroatoms. The van der Waals surface area contributed by atoms with Gasteiger partial charge in [-0.1, -0.05) is 11.6 Å². The maximum absolute atomic E-state index is 9.64. The van der Waals surface area contributed by atoms with Gasteiger partial charge < -0.3 is 19.9 Å². The second-order valence-electron chi connectivity index (χ2n) is 4.77. The van der Waals surface area contributed by atoms with Crippen LogP contribution in [0.25, 0.3) is 0 Å². The third-order valence-corrected chi connectivity index (χ3v) is 2.67. The van der Waals surface area contributed by atoms with Crippen molar-refractivity contribution in [3.8, 4) is 0 Å². The van der Waals surface area contributed by atoms with Crippen LogP contribution in [0.1, 0.15) is 26.7 Å². The normalized spacial score (nSPS) is 21.5. The second-order valence-corrected chi connectivity index (χ2v) is 4.77. The van der Waals surface area contributed by atoms with Crippen molar-refractivity contribution in [1.29, 1.82) is 0 Å². The fraction of sp³-hybridized carbons (Fsp3) is 0.846. The fourth-order valence-corrected chi connectivity index (χ4v) is 1.70. The predicted octanol–water partition coefficient (Wildman–Crippen LogP) is 1.10. The molecule has 2 N–H and O–H groups in total. The first-order valence-electron chi connectivity index (χ1n) is 6.40. The lowest BCUT2D eigenvalue weighted by Crippen LogP contribution is -2.31. The maximum Gasteiger partial charge on any atom is 0.0897 e. The van der Waals surface area contributed by atoms with Crippen LogP contribution in [0.4, 0.5) is 0 Å². The lowest BCUT2D eigenvalue weighted by atomic mass is 10.2. The van der Waals surface area contributed by atoms with Crippen molar-refractivity contribution in [2.75, 3.05) is 32.9 Å². The van der Waals surface area contributed by atoms with Crippen LogP contribution in [-0.4, -0.2) is 50.2 Å². The molecule has 0 amide bonds. The molecular formula is C13H25NO3. The molecule has 0 saturated carbocycles. The van der Waals surface area contributed by atoms with E-state index in [0.717, 1.165) is 26.0 Å². The van der Waals surface area contributed by atoms with Crippen molar-refractivity contribution in [3.05, 3.63) is 11.6 Å². The van der Waals surface area contributed by atoms with Crippen LogP contribution in [0.15, 0.2) is 11.6 Å². The minimum Gasteiger partial charge on any atom is -0.389 e. The molecule has 1 heterocycles. The van der Waals surface area contributed by atoms with Gasteiger partial charge in [-0.3, -0.25) is 0 Å². The van der Waals surface area contributed by atoms with E-state index in [0.29, 0.717) is 19.8 Å². The van der Waals surface area contributed by atoms with Gasteiger partial charge >= 0.3 is 0 Å². The summed E-state index contributed by atoms with van der Waals surface area (Å²) in [6.07, 6.45) is 4.10. The van der Waals surface area contributed by atoms with E-state index in [-0.39, 0.29) is 6.10 Å². The summed E-state index contributed by atoms with van der Waals surface area (Å²) < 4.78 is 10.9. The summed E-state index contributed by atoms with van der Waals surface area (Å²) >= 11 is 0. The molecule has 2 unspecified atom stereocenters. The van der Waals surface area contributed by atoms with E-state index in [9.17, 15) is 5.11 Å². The van der Waals surface area contributed by atoms with Crippen molar-refractivity contribution in [2.24, 2.45) is 0 Å². The summed E-state index contributed by atoms with van der Waals surface area (Å²) in [6.45, 7) is 7.31. The predicted molar refractivity (Wildman–Crippen MR) is 68.1 cm³/mol. The Balaban J connectivity index is 1.93. The molecule has 0 bridgehead atoms. The lowest BCUT2D eigenvalue weighted by molar-refractivity contribution is -0.0162. The zero-order chi connectivity index (χ0) is 12.5. The molecule has 17 heavy (non-hydrogen) atoms. The van der Waals surface area contributed by atoms with E-state index in [1.165, 1.54) is 5.57 Å². The Hall–Kier alpha value is -0.420. The number of aliphatic hydroxyl groups excluding tert-OH is 1. The molecule has 0 radical (unpaired) electrons. The molecule has 0 aliphatic carbocycles. The van der Waals surface area contributed by atoms with E-state index < -0.39 is 6.10 Å². The topological polar surface area (TPSA) is 50.7 Å². The van der Waals surface area contributed by atoms with Crippen molar-refractivity contribution in [3.63, 3.8) is 0 Å². The van der Waals surface area contributed by atoms with Crippen LogP contribution < -0.4 is 5.32 Å². The van der Waals surface area contributed by atoms with Crippen LogP contribution in [-0.2, 0) is 9.47 Å². The minimum atomic E-state index is -0.443. The summed E-state index contributed by atoms with van der Waals surface area (Å²) in [6, 6.07) is 0. The number of aliphatic hydroxyl groups is 1. The van der Waals surface area contributed by atoms with Crippen molar-refractivity contribution < 1.29 is 14.6 Å². The summed E-state index contributed by atoms with van der Waals surface area (Å²) in [4.78, 5) is 0. The second kappa shape index (κ2) is 8.64. The van der Waals surface area contributed by atoms with Crippen molar-refractivity contribution in [2.45, 2.75) is 38.9 Å². The summed E-state index contributed by atoms with van der Waals surface area (Å²) in [5.41, 5.74) is 1.28. The average Bonchev–Trinajstić information content (AvgIpc) is 2.77. The van der Waals surface area contributed by atoms with Crippen molar-refractivity contribution >= 4 is 0 Å². The summed E-state index contributed by atoms with van der Waals surface area (Å²) in [5.74, 6) is 0. The van der Waals surface area contributed by atoms with Gasteiger partial charge in [0.2, 0.25) is 0 Å². The Morgan fingerprint density at radius 3 is 3.06 bits per heavy atom. The van der Waals surface area contributed by atoms with Gasteiger partial charge in [-0.05, 0) is 26.7 Å². The van der Waals surface area contributed by atoms with Crippen LogP contribution in [0.2, 0.25) is 0 Å². The van der Waals surface area contributed by atoms with Gasteiger partial charge in [0.15, 0.2) is 0 Å². The van der Waals surface area contributed by atoms with Crippen LogP contribution in [0.5, 0.6) is 0 Å². The Labute approximate surface area is 104 Å². The van der Waals surface area contributed by atoms with E-state index in [2.05, 4.69) is 25.2 Å². The molecule has 1 aliphatic rings. The first kappa shape index (κ1) is 14.6. The average molecular weight is 243 g/mol. The monoisotopic (exact) mass is 243 g/mol. The smallest absolute Gasteiger partial charge is 0.0897 e. The van der Waals surface area contributed by atoms with E-state index in [4.69, 9.17) is 9.47 Å². The molecule has 0 aromatic carbocycles. The fourth-order valence-electron chi connectivity index (χ4n) is 1.70. The Morgan fingerprint density at radius 1 is 1.59 bits per heavy atom. The number of allylic oxidation sites excluding steroid dienone is 1. The van der Waals surface area contributed by atoms with E-state index >= 15 is 0 Å². The minimum absolute atomic E-state index is 0.237. The van der Waals surface area contributed by atoms with Gasteiger partial charge in [0.25, 0.3) is 0 Å². The highest BCUT2D eigenvalue weighted by Gasteiger charge is 2.15.